The van der Waals surface area contributed by atoms with E-state index in [0.717, 1.165) is 11.2 Å². The van der Waals surface area contributed by atoms with E-state index >= 15 is 0 Å². The summed E-state index contributed by atoms with van der Waals surface area (Å²) in [5.41, 5.74) is 0. The quantitative estimate of drug-likeness (QED) is 0.569. The van der Waals surface area contributed by atoms with Crippen LogP contribution in [0.3, 0.4) is 0 Å². The van der Waals surface area contributed by atoms with Crippen molar-refractivity contribution in [2.45, 2.75) is 36.9 Å². The Balaban J connectivity index is 1.49. The number of nitrogens with zero attached hydrogens (tertiary/aromatic N) is 2. The van der Waals surface area contributed by atoms with Gasteiger partial charge in [-0.1, -0.05) is 11.8 Å². The van der Waals surface area contributed by atoms with Crippen molar-refractivity contribution in [3.05, 3.63) is 12.4 Å². The molecule has 1 aliphatic carbocycles. The van der Waals surface area contributed by atoms with E-state index in [1.807, 2.05) is 31.2 Å². The Morgan fingerprint density at radius 3 is 3.07 bits per heavy atom. The third-order valence-electron chi connectivity index (χ3n) is 2.59. The van der Waals surface area contributed by atoms with Crippen molar-refractivity contribution >= 4 is 11.8 Å². The Morgan fingerprint density at radius 1 is 1.53 bits per heavy atom. The highest BCUT2D eigenvalue weighted by atomic mass is 32.2. The van der Waals surface area contributed by atoms with Crippen molar-refractivity contribution in [3.8, 4) is 0 Å². The number of nitrogens with one attached hydrogen (secondary N) is 1. The Morgan fingerprint density at radius 2 is 2.40 bits per heavy atom. The van der Waals surface area contributed by atoms with Crippen molar-refractivity contribution in [1.29, 1.82) is 0 Å². The molecule has 0 atom stereocenters. The fourth-order valence-corrected chi connectivity index (χ4v) is 2.41. The molecular formula is C11H19N3S. The molecule has 1 aromatic heterocycles. The van der Waals surface area contributed by atoms with E-state index in [4.69, 9.17) is 0 Å². The lowest BCUT2D eigenvalue weighted by molar-refractivity contribution is 0.639. The summed E-state index contributed by atoms with van der Waals surface area (Å²) in [6.07, 6.45) is 9.20. The fourth-order valence-electron chi connectivity index (χ4n) is 1.48. The zero-order valence-electron chi connectivity index (χ0n) is 9.28. The summed E-state index contributed by atoms with van der Waals surface area (Å²) < 4.78 is 2.08. The summed E-state index contributed by atoms with van der Waals surface area (Å²) in [7, 11) is 2.05. The van der Waals surface area contributed by atoms with Crippen LogP contribution in [0.5, 0.6) is 0 Å². The molecule has 0 bridgehead atoms. The third kappa shape index (κ3) is 3.87. The monoisotopic (exact) mass is 225 g/mol. The van der Waals surface area contributed by atoms with Gasteiger partial charge in [0.2, 0.25) is 0 Å². The normalized spacial score (nSPS) is 15.8. The molecular weight excluding hydrogens is 206 g/mol. The zero-order valence-corrected chi connectivity index (χ0v) is 10.1. The summed E-state index contributed by atoms with van der Waals surface area (Å²) in [5.74, 6) is 1.18. The van der Waals surface area contributed by atoms with Crippen LogP contribution in [0.15, 0.2) is 17.6 Å². The highest BCUT2D eigenvalue weighted by molar-refractivity contribution is 7.99. The lowest BCUT2D eigenvalue weighted by Gasteiger charge is -2.03. The van der Waals surface area contributed by atoms with Gasteiger partial charge in [0.25, 0.3) is 0 Å². The number of unbranched alkanes of at least 4 members (excludes halogenated alkanes) is 1. The summed E-state index contributed by atoms with van der Waals surface area (Å²) in [4.78, 5) is 4.28. The predicted molar refractivity (Wildman–Crippen MR) is 64.2 cm³/mol. The van der Waals surface area contributed by atoms with E-state index in [0.29, 0.717) is 0 Å². The van der Waals surface area contributed by atoms with Crippen LogP contribution in [-0.4, -0.2) is 27.9 Å². The van der Waals surface area contributed by atoms with E-state index in [-0.39, 0.29) is 0 Å². The van der Waals surface area contributed by atoms with Crippen LogP contribution >= 0.6 is 11.8 Å². The smallest absolute Gasteiger partial charge is 0.167 e. The first-order valence-electron chi connectivity index (χ1n) is 5.70. The number of rotatable bonds is 7. The molecule has 0 saturated heterocycles. The molecule has 4 heteroatoms. The minimum absolute atomic E-state index is 0.854. The first kappa shape index (κ1) is 11.0. The third-order valence-corrected chi connectivity index (χ3v) is 3.73. The standard InChI is InChI=1S/C11H19N3S/c1-14-8-7-13-11(14)15-9-3-2-6-12-10-4-5-10/h7-8,10,12H,2-6,9H2,1H3. The lowest BCUT2D eigenvalue weighted by Crippen LogP contribution is -2.17. The zero-order chi connectivity index (χ0) is 10.5. The van der Waals surface area contributed by atoms with E-state index in [9.17, 15) is 0 Å². The first-order chi connectivity index (χ1) is 7.36. The Kier molecular flexibility index (Phi) is 4.09. The highest BCUT2D eigenvalue weighted by Gasteiger charge is 2.19. The van der Waals surface area contributed by atoms with E-state index in [1.54, 1.807) is 0 Å². The molecule has 0 aliphatic heterocycles. The van der Waals surface area contributed by atoms with Crippen LogP contribution in [0, 0.1) is 0 Å². The topological polar surface area (TPSA) is 29.9 Å². The number of hydrogen-bond donors (Lipinski definition) is 1. The molecule has 3 nitrogen and oxygen atoms in total. The molecule has 84 valence electrons. The summed E-state index contributed by atoms with van der Waals surface area (Å²) in [6.45, 7) is 1.19. The second-order valence-electron chi connectivity index (χ2n) is 4.10. The maximum atomic E-state index is 4.28. The number of thioether (sulfide) groups is 1. The SMILES string of the molecule is Cn1ccnc1SCCCCNC1CC1. The van der Waals surface area contributed by atoms with Gasteiger partial charge in [0.05, 0.1) is 0 Å². The minimum atomic E-state index is 0.854. The molecule has 0 aromatic carbocycles. The van der Waals surface area contributed by atoms with Crippen LogP contribution in [0.2, 0.25) is 0 Å². The highest BCUT2D eigenvalue weighted by Crippen LogP contribution is 2.19. The molecule has 1 N–H and O–H groups in total. The molecule has 2 rings (SSSR count). The van der Waals surface area contributed by atoms with Gasteiger partial charge in [0.15, 0.2) is 5.16 Å². The Labute approximate surface area is 95.7 Å². The van der Waals surface area contributed by atoms with Gasteiger partial charge in [-0.2, -0.15) is 0 Å². The lowest BCUT2D eigenvalue weighted by atomic mass is 10.3. The number of hydrogen-bond acceptors (Lipinski definition) is 3. The van der Waals surface area contributed by atoms with Gasteiger partial charge >= 0.3 is 0 Å². The van der Waals surface area contributed by atoms with Gasteiger partial charge in [-0.3, -0.25) is 0 Å². The molecule has 1 aromatic rings. The molecule has 1 saturated carbocycles. The van der Waals surface area contributed by atoms with E-state index < -0.39 is 0 Å². The average Bonchev–Trinajstić information content (AvgIpc) is 2.96. The largest absolute Gasteiger partial charge is 0.329 e. The molecule has 1 fully saturated rings. The minimum Gasteiger partial charge on any atom is -0.329 e. The van der Waals surface area contributed by atoms with Crippen molar-refractivity contribution in [3.63, 3.8) is 0 Å². The van der Waals surface area contributed by atoms with Gasteiger partial charge in [0.1, 0.15) is 0 Å². The summed E-state index contributed by atoms with van der Waals surface area (Å²) in [5, 5.41) is 4.66. The van der Waals surface area contributed by atoms with Gasteiger partial charge in [-0.25, -0.2) is 4.98 Å². The van der Waals surface area contributed by atoms with E-state index in [1.165, 1.54) is 38.0 Å². The van der Waals surface area contributed by atoms with Crippen LogP contribution in [0.4, 0.5) is 0 Å². The van der Waals surface area contributed by atoms with Gasteiger partial charge in [-0.05, 0) is 32.2 Å². The van der Waals surface area contributed by atoms with Crippen LogP contribution in [0.1, 0.15) is 25.7 Å². The van der Waals surface area contributed by atoms with E-state index in [2.05, 4.69) is 14.9 Å². The Hall–Kier alpha value is -0.480. The molecule has 1 heterocycles. The predicted octanol–water partition coefficient (Wildman–Crippen LogP) is 2.04. The van der Waals surface area contributed by atoms with Crippen molar-refractivity contribution in [2.24, 2.45) is 7.05 Å². The van der Waals surface area contributed by atoms with Crippen LogP contribution in [0.25, 0.3) is 0 Å². The molecule has 0 radical (unpaired) electrons. The molecule has 15 heavy (non-hydrogen) atoms. The van der Waals surface area contributed by atoms with Crippen LogP contribution in [-0.2, 0) is 7.05 Å². The maximum absolute atomic E-state index is 4.28. The summed E-state index contributed by atoms with van der Waals surface area (Å²) >= 11 is 1.85. The number of aromatic nitrogens is 2. The van der Waals surface area contributed by atoms with Crippen molar-refractivity contribution in [2.75, 3.05) is 12.3 Å². The average molecular weight is 225 g/mol. The Bertz CT molecular complexity index is 294. The second-order valence-corrected chi connectivity index (χ2v) is 5.17. The van der Waals surface area contributed by atoms with Gasteiger partial charge in [-0.15, -0.1) is 0 Å². The number of imidazole rings is 1. The molecule has 0 amide bonds. The van der Waals surface area contributed by atoms with Crippen molar-refractivity contribution < 1.29 is 0 Å². The second kappa shape index (κ2) is 5.56. The maximum Gasteiger partial charge on any atom is 0.167 e. The molecule has 0 unspecified atom stereocenters. The van der Waals surface area contributed by atoms with Crippen LogP contribution < -0.4 is 5.32 Å². The van der Waals surface area contributed by atoms with Crippen molar-refractivity contribution in [1.82, 2.24) is 14.9 Å². The number of aryl methyl sites for hydroxylation is 1. The van der Waals surface area contributed by atoms with Gasteiger partial charge < -0.3 is 9.88 Å². The van der Waals surface area contributed by atoms with Gasteiger partial charge in [0, 0.05) is 31.2 Å². The first-order valence-corrected chi connectivity index (χ1v) is 6.68. The molecule has 1 aliphatic rings. The molecule has 0 spiro atoms. The summed E-state index contributed by atoms with van der Waals surface area (Å²) in [6, 6.07) is 0.854. The fraction of sp³-hybridized carbons (Fsp3) is 0.727.